The van der Waals surface area contributed by atoms with Crippen LogP contribution in [-0.2, 0) is 9.53 Å². The molecule has 108 valence electrons. The summed E-state index contributed by atoms with van der Waals surface area (Å²) in [6.07, 6.45) is 9.12. The molecule has 4 heteroatoms. The fraction of sp³-hybridized carbons (Fsp3) is 0.933. The first-order valence-corrected chi connectivity index (χ1v) is 7.98. The zero-order valence-corrected chi connectivity index (χ0v) is 11.8. The predicted molar refractivity (Wildman–Crippen MR) is 73.9 cm³/mol. The molecule has 0 spiro atoms. The molecule has 1 amide bonds. The van der Waals surface area contributed by atoms with Gasteiger partial charge in [0.1, 0.15) is 0 Å². The minimum Gasteiger partial charge on any atom is -0.375 e. The number of nitrogens with zero attached hydrogens (tertiary/aromatic N) is 1. The second kappa shape index (κ2) is 6.23. The van der Waals surface area contributed by atoms with Gasteiger partial charge in [0.25, 0.3) is 0 Å². The van der Waals surface area contributed by atoms with E-state index in [0.29, 0.717) is 18.1 Å². The number of hydrogen-bond donors (Lipinski definition) is 1. The highest BCUT2D eigenvalue weighted by molar-refractivity contribution is 5.79. The summed E-state index contributed by atoms with van der Waals surface area (Å²) in [5, 5.41) is 3.28. The minimum atomic E-state index is 0.229. The lowest BCUT2D eigenvalue weighted by Crippen LogP contribution is -2.44. The van der Waals surface area contributed by atoms with Crippen LogP contribution in [0.3, 0.4) is 0 Å². The Morgan fingerprint density at radius 1 is 1.00 bits per heavy atom. The normalized spacial score (nSPS) is 30.1. The summed E-state index contributed by atoms with van der Waals surface area (Å²) < 4.78 is 6.16. The molecule has 0 aromatic heterocycles. The minimum absolute atomic E-state index is 0.229. The quantitative estimate of drug-likeness (QED) is 0.842. The Hall–Kier alpha value is -0.610. The topological polar surface area (TPSA) is 41.6 Å². The summed E-state index contributed by atoms with van der Waals surface area (Å²) in [5.74, 6) is 0.594. The number of ether oxygens (including phenoxy) is 1. The molecule has 1 N–H and O–H groups in total. The van der Waals surface area contributed by atoms with Gasteiger partial charge in [-0.3, -0.25) is 4.79 Å². The van der Waals surface area contributed by atoms with Gasteiger partial charge in [0.05, 0.1) is 18.1 Å². The number of piperidine rings is 1. The van der Waals surface area contributed by atoms with Crippen LogP contribution < -0.4 is 5.32 Å². The van der Waals surface area contributed by atoms with Gasteiger partial charge in [-0.25, -0.2) is 0 Å². The first-order chi connectivity index (χ1) is 9.33. The lowest BCUT2D eigenvalue weighted by Gasteiger charge is -2.34. The van der Waals surface area contributed by atoms with Gasteiger partial charge in [-0.2, -0.15) is 0 Å². The van der Waals surface area contributed by atoms with Crippen molar-refractivity contribution in [3.63, 3.8) is 0 Å². The van der Waals surface area contributed by atoms with Crippen molar-refractivity contribution in [2.45, 2.75) is 57.2 Å². The lowest BCUT2D eigenvalue weighted by atomic mass is 10.0. The summed E-state index contributed by atoms with van der Waals surface area (Å²) >= 11 is 0. The van der Waals surface area contributed by atoms with Gasteiger partial charge >= 0.3 is 0 Å². The van der Waals surface area contributed by atoms with Gasteiger partial charge in [-0.05, 0) is 38.6 Å². The maximum absolute atomic E-state index is 12.3. The molecule has 1 unspecified atom stereocenters. The van der Waals surface area contributed by atoms with Gasteiger partial charge in [-0.1, -0.05) is 12.8 Å². The summed E-state index contributed by atoms with van der Waals surface area (Å²) in [6.45, 7) is 3.66. The number of hydrogen-bond acceptors (Lipinski definition) is 3. The number of rotatable bonds is 3. The molecule has 0 aromatic carbocycles. The van der Waals surface area contributed by atoms with Gasteiger partial charge < -0.3 is 15.0 Å². The molecule has 3 rings (SSSR count). The largest absolute Gasteiger partial charge is 0.375 e. The SMILES string of the molecule is O=C(C1CCNC1)N1CCC(OC2CCCC2)CC1. The van der Waals surface area contributed by atoms with Crippen LogP contribution >= 0.6 is 0 Å². The van der Waals surface area contributed by atoms with Crippen LogP contribution in [-0.4, -0.2) is 49.2 Å². The average molecular weight is 266 g/mol. The van der Waals surface area contributed by atoms with Crippen LogP contribution in [0.1, 0.15) is 44.9 Å². The van der Waals surface area contributed by atoms with E-state index in [4.69, 9.17) is 4.74 Å². The number of likely N-dealkylation sites (tertiary alicyclic amines) is 1. The highest BCUT2D eigenvalue weighted by Crippen LogP contribution is 2.26. The molecule has 3 fully saturated rings. The van der Waals surface area contributed by atoms with Crippen LogP contribution in [0.2, 0.25) is 0 Å². The molecule has 2 saturated heterocycles. The van der Waals surface area contributed by atoms with Crippen molar-refractivity contribution in [2.24, 2.45) is 5.92 Å². The van der Waals surface area contributed by atoms with E-state index in [1.807, 2.05) is 0 Å². The molecular formula is C15H26N2O2. The molecule has 19 heavy (non-hydrogen) atoms. The van der Waals surface area contributed by atoms with Gasteiger partial charge in [0.15, 0.2) is 0 Å². The van der Waals surface area contributed by atoms with Crippen LogP contribution in [0.5, 0.6) is 0 Å². The lowest BCUT2D eigenvalue weighted by molar-refractivity contribution is -0.138. The van der Waals surface area contributed by atoms with Crippen molar-refractivity contribution in [1.29, 1.82) is 0 Å². The van der Waals surface area contributed by atoms with Crippen molar-refractivity contribution in [1.82, 2.24) is 10.2 Å². The van der Waals surface area contributed by atoms with Crippen molar-refractivity contribution in [3.8, 4) is 0 Å². The molecule has 0 bridgehead atoms. The maximum atomic E-state index is 12.3. The van der Waals surface area contributed by atoms with Crippen molar-refractivity contribution < 1.29 is 9.53 Å². The second-order valence-corrected chi connectivity index (χ2v) is 6.26. The summed E-state index contributed by atoms with van der Waals surface area (Å²) in [7, 11) is 0. The number of carbonyl (C=O) groups excluding carboxylic acids is 1. The standard InChI is InChI=1S/C15H26N2O2/c18-15(12-5-8-16-11-12)17-9-6-14(7-10-17)19-13-3-1-2-4-13/h12-14,16H,1-11H2. The number of carbonyl (C=O) groups is 1. The van der Waals surface area contributed by atoms with Crippen molar-refractivity contribution in [3.05, 3.63) is 0 Å². The molecule has 1 aliphatic carbocycles. The molecule has 3 aliphatic rings. The third kappa shape index (κ3) is 3.29. The number of nitrogens with one attached hydrogen (secondary N) is 1. The van der Waals surface area contributed by atoms with E-state index in [2.05, 4.69) is 10.2 Å². The third-order valence-corrected chi connectivity index (χ3v) is 4.85. The number of amides is 1. The highest BCUT2D eigenvalue weighted by Gasteiger charge is 2.31. The van der Waals surface area contributed by atoms with Crippen LogP contribution in [0.25, 0.3) is 0 Å². The Kier molecular flexibility index (Phi) is 4.38. The van der Waals surface area contributed by atoms with E-state index in [1.54, 1.807) is 0 Å². The zero-order chi connectivity index (χ0) is 13.1. The van der Waals surface area contributed by atoms with E-state index in [0.717, 1.165) is 45.4 Å². The van der Waals surface area contributed by atoms with Crippen molar-refractivity contribution >= 4 is 5.91 Å². The highest BCUT2D eigenvalue weighted by atomic mass is 16.5. The molecular weight excluding hydrogens is 240 g/mol. The monoisotopic (exact) mass is 266 g/mol. The summed E-state index contributed by atoms with van der Waals surface area (Å²) in [4.78, 5) is 14.4. The van der Waals surface area contributed by atoms with E-state index < -0.39 is 0 Å². The predicted octanol–water partition coefficient (Wildman–Crippen LogP) is 1.55. The molecule has 4 nitrogen and oxygen atoms in total. The fourth-order valence-corrected chi connectivity index (χ4v) is 3.63. The van der Waals surface area contributed by atoms with Gasteiger partial charge in [-0.15, -0.1) is 0 Å². The second-order valence-electron chi connectivity index (χ2n) is 6.26. The molecule has 1 saturated carbocycles. The Morgan fingerprint density at radius 2 is 1.68 bits per heavy atom. The molecule has 1 atom stereocenters. The molecule has 2 heterocycles. The van der Waals surface area contributed by atoms with Crippen molar-refractivity contribution in [2.75, 3.05) is 26.2 Å². The van der Waals surface area contributed by atoms with E-state index in [9.17, 15) is 4.79 Å². The first kappa shape index (κ1) is 13.4. The van der Waals surface area contributed by atoms with Crippen LogP contribution in [0.15, 0.2) is 0 Å². The van der Waals surface area contributed by atoms with Crippen LogP contribution in [0.4, 0.5) is 0 Å². The Balaban J connectivity index is 1.42. The zero-order valence-electron chi connectivity index (χ0n) is 11.8. The Labute approximate surface area is 115 Å². The molecule has 0 radical (unpaired) electrons. The summed E-state index contributed by atoms with van der Waals surface area (Å²) in [6, 6.07) is 0. The molecule has 0 aromatic rings. The fourth-order valence-electron chi connectivity index (χ4n) is 3.63. The Bertz CT molecular complexity index is 301. The molecule has 2 aliphatic heterocycles. The van der Waals surface area contributed by atoms with Gasteiger partial charge in [0, 0.05) is 19.6 Å². The average Bonchev–Trinajstić information content (AvgIpc) is 3.12. The van der Waals surface area contributed by atoms with Gasteiger partial charge in [0.2, 0.25) is 5.91 Å². The van der Waals surface area contributed by atoms with E-state index >= 15 is 0 Å². The van der Waals surface area contributed by atoms with E-state index in [1.165, 1.54) is 25.7 Å². The first-order valence-electron chi connectivity index (χ1n) is 7.98. The smallest absolute Gasteiger partial charge is 0.227 e. The Morgan fingerprint density at radius 3 is 2.32 bits per heavy atom. The third-order valence-electron chi connectivity index (χ3n) is 4.85. The maximum Gasteiger partial charge on any atom is 0.227 e. The van der Waals surface area contributed by atoms with E-state index in [-0.39, 0.29) is 5.92 Å². The summed E-state index contributed by atoms with van der Waals surface area (Å²) in [5.41, 5.74) is 0. The van der Waals surface area contributed by atoms with Crippen LogP contribution in [0, 0.1) is 5.92 Å².